The van der Waals surface area contributed by atoms with E-state index in [0.29, 0.717) is 18.4 Å². The fourth-order valence-electron chi connectivity index (χ4n) is 4.58. The number of aliphatic hydroxyl groups is 1. The van der Waals surface area contributed by atoms with Crippen molar-refractivity contribution < 1.29 is 40.9 Å². The van der Waals surface area contributed by atoms with Crippen LogP contribution in [-0.4, -0.2) is 11.7 Å². The van der Waals surface area contributed by atoms with E-state index in [-0.39, 0.29) is 41.0 Å². The summed E-state index contributed by atoms with van der Waals surface area (Å²) in [5.74, 6) is -8.08. The normalized spacial score (nSPS) is 16.2. The molecule has 1 N–H and O–H groups in total. The zero-order valence-corrected chi connectivity index (χ0v) is 20.8. The summed E-state index contributed by atoms with van der Waals surface area (Å²) in [7, 11) is 0. The summed E-state index contributed by atoms with van der Waals surface area (Å²) in [6.07, 6.45) is 1.44. The maximum absolute atomic E-state index is 15.0. The number of allylic oxidation sites excluding steroid dienone is 2. The Hall–Kier alpha value is -3.46. The van der Waals surface area contributed by atoms with Crippen LogP contribution in [-0.2, 0) is 6.61 Å². The molecule has 4 rings (SSSR count). The molecule has 3 aromatic rings. The Morgan fingerprint density at radius 1 is 0.816 bits per heavy atom. The van der Waals surface area contributed by atoms with E-state index in [1.807, 2.05) is 0 Å². The molecule has 0 heterocycles. The van der Waals surface area contributed by atoms with Crippen LogP contribution in [0.1, 0.15) is 67.4 Å². The summed E-state index contributed by atoms with van der Waals surface area (Å²) in [6, 6.07) is 7.78. The van der Waals surface area contributed by atoms with E-state index < -0.39 is 59.3 Å². The lowest BCUT2D eigenvalue weighted by atomic mass is 9.82. The first kappa shape index (κ1) is 27.6. The van der Waals surface area contributed by atoms with Gasteiger partial charge in [0.2, 0.25) is 11.6 Å². The third-order valence-electron chi connectivity index (χ3n) is 6.65. The van der Waals surface area contributed by atoms with E-state index in [1.165, 1.54) is 43.3 Å². The van der Waals surface area contributed by atoms with Crippen LogP contribution in [0, 0.1) is 34.9 Å². The lowest BCUT2D eigenvalue weighted by Crippen LogP contribution is -2.10. The highest BCUT2D eigenvalue weighted by atomic mass is 19.2. The van der Waals surface area contributed by atoms with Gasteiger partial charge in [-0.1, -0.05) is 24.3 Å². The van der Waals surface area contributed by atoms with Crippen molar-refractivity contribution in [2.24, 2.45) is 0 Å². The molecular weight excluding hydrogens is 510 g/mol. The van der Waals surface area contributed by atoms with Gasteiger partial charge >= 0.3 is 0 Å². The largest absolute Gasteiger partial charge is 0.491 e. The molecule has 2 atom stereocenters. The van der Waals surface area contributed by atoms with Gasteiger partial charge in [-0.15, -0.1) is 0 Å². The van der Waals surface area contributed by atoms with Gasteiger partial charge in [-0.2, -0.15) is 8.78 Å². The van der Waals surface area contributed by atoms with Gasteiger partial charge in [-0.05, 0) is 68.4 Å². The van der Waals surface area contributed by atoms with Crippen molar-refractivity contribution in [3.63, 3.8) is 0 Å². The molecule has 0 aromatic heterocycles. The second-order valence-electron chi connectivity index (χ2n) is 9.06. The average Bonchev–Trinajstić information content (AvgIpc) is 2.90. The highest BCUT2D eigenvalue weighted by Crippen LogP contribution is 2.40. The molecule has 0 amide bonds. The molecular formula is C29H26F6O3. The van der Waals surface area contributed by atoms with Crippen LogP contribution in [0.2, 0.25) is 0 Å². The zero-order chi connectivity index (χ0) is 27.6. The van der Waals surface area contributed by atoms with E-state index in [2.05, 4.69) is 0 Å². The van der Waals surface area contributed by atoms with Gasteiger partial charge in [0.1, 0.15) is 6.61 Å². The Balaban J connectivity index is 1.48. The van der Waals surface area contributed by atoms with Gasteiger partial charge in [-0.25, -0.2) is 17.6 Å². The number of hydrogen-bond acceptors (Lipinski definition) is 3. The molecule has 0 bridgehead atoms. The maximum atomic E-state index is 15.0. The summed E-state index contributed by atoms with van der Waals surface area (Å²) in [4.78, 5) is 0. The fraction of sp³-hybridized carbons (Fsp3) is 0.310. The second-order valence-corrected chi connectivity index (χ2v) is 9.06. The molecule has 9 heteroatoms. The Morgan fingerprint density at radius 3 is 2.16 bits per heavy atom. The van der Waals surface area contributed by atoms with E-state index >= 15 is 0 Å². The molecule has 2 unspecified atom stereocenters. The summed E-state index contributed by atoms with van der Waals surface area (Å²) in [6.45, 7) is 2.57. The molecule has 0 spiro atoms. The van der Waals surface area contributed by atoms with Crippen molar-refractivity contribution >= 4 is 5.57 Å². The lowest BCUT2D eigenvalue weighted by molar-refractivity contribution is 0.192. The predicted octanol–water partition coefficient (Wildman–Crippen LogP) is 7.90. The van der Waals surface area contributed by atoms with Crippen LogP contribution in [0.4, 0.5) is 26.3 Å². The van der Waals surface area contributed by atoms with Crippen LogP contribution >= 0.6 is 0 Å². The third-order valence-corrected chi connectivity index (χ3v) is 6.65. The monoisotopic (exact) mass is 536 g/mol. The Bertz CT molecular complexity index is 1370. The Kier molecular flexibility index (Phi) is 8.35. The van der Waals surface area contributed by atoms with Gasteiger partial charge in [-0.3, -0.25) is 0 Å². The SMILES string of the molecule is CCOc1ccc(COc2ccc(C3CC=C(c4ccc(C(C)O)c(F)c4F)CC3)c(F)c2F)c(F)c1F. The van der Waals surface area contributed by atoms with Crippen LogP contribution in [0.5, 0.6) is 11.5 Å². The highest BCUT2D eigenvalue weighted by molar-refractivity contribution is 5.67. The summed E-state index contributed by atoms with van der Waals surface area (Å²) < 4.78 is 97.2. The van der Waals surface area contributed by atoms with E-state index in [4.69, 9.17) is 9.47 Å². The van der Waals surface area contributed by atoms with Crippen LogP contribution < -0.4 is 9.47 Å². The number of rotatable bonds is 8. The standard InChI is InChI=1S/C29H26F6O3/c1-3-37-22-12-8-18(24(30)28(22)34)14-38-23-13-11-21(27(33)29(23)35)17-6-4-16(5-7-17)20-10-9-19(15(2)36)25(31)26(20)32/h4,8-13,15,17,36H,3,5-7,14H2,1-2H3. The van der Waals surface area contributed by atoms with Crippen LogP contribution in [0.15, 0.2) is 42.5 Å². The zero-order valence-electron chi connectivity index (χ0n) is 20.8. The molecule has 0 saturated carbocycles. The van der Waals surface area contributed by atoms with Crippen molar-refractivity contribution in [2.45, 2.75) is 51.7 Å². The first-order valence-corrected chi connectivity index (χ1v) is 12.2. The molecule has 1 aliphatic carbocycles. The topological polar surface area (TPSA) is 38.7 Å². The van der Waals surface area contributed by atoms with Crippen molar-refractivity contribution in [3.8, 4) is 11.5 Å². The predicted molar refractivity (Wildman–Crippen MR) is 130 cm³/mol. The quantitative estimate of drug-likeness (QED) is 0.298. The third kappa shape index (κ3) is 5.38. The summed E-state index contributed by atoms with van der Waals surface area (Å²) in [5.41, 5.74) is 0.374. The van der Waals surface area contributed by atoms with Gasteiger partial charge in [0.05, 0.1) is 12.7 Å². The van der Waals surface area contributed by atoms with Crippen molar-refractivity contribution in [3.05, 3.63) is 99.6 Å². The molecule has 3 aromatic carbocycles. The van der Waals surface area contributed by atoms with Gasteiger partial charge in [0, 0.05) is 16.7 Å². The minimum Gasteiger partial charge on any atom is -0.491 e. The molecule has 38 heavy (non-hydrogen) atoms. The van der Waals surface area contributed by atoms with Crippen molar-refractivity contribution in [1.29, 1.82) is 0 Å². The lowest BCUT2D eigenvalue weighted by Gasteiger charge is -2.24. The minimum absolute atomic E-state index is 0.0682. The van der Waals surface area contributed by atoms with E-state index in [0.717, 1.165) is 0 Å². The molecule has 3 nitrogen and oxygen atoms in total. The average molecular weight is 537 g/mol. The minimum atomic E-state index is -1.26. The fourth-order valence-corrected chi connectivity index (χ4v) is 4.58. The number of benzene rings is 3. The second kappa shape index (κ2) is 11.5. The number of hydrogen-bond donors (Lipinski definition) is 1. The summed E-state index contributed by atoms with van der Waals surface area (Å²) in [5, 5.41) is 9.57. The Morgan fingerprint density at radius 2 is 1.50 bits per heavy atom. The van der Waals surface area contributed by atoms with Crippen molar-refractivity contribution in [1.82, 2.24) is 0 Å². The van der Waals surface area contributed by atoms with Gasteiger partial charge < -0.3 is 14.6 Å². The van der Waals surface area contributed by atoms with Crippen LogP contribution in [0.3, 0.4) is 0 Å². The number of halogens is 6. The summed E-state index contributed by atoms with van der Waals surface area (Å²) >= 11 is 0. The first-order chi connectivity index (χ1) is 18.1. The first-order valence-electron chi connectivity index (χ1n) is 12.2. The van der Waals surface area contributed by atoms with Crippen LogP contribution in [0.25, 0.3) is 5.57 Å². The van der Waals surface area contributed by atoms with Gasteiger partial charge in [0.25, 0.3) is 0 Å². The van der Waals surface area contributed by atoms with Gasteiger partial charge in [0.15, 0.2) is 34.8 Å². The molecule has 202 valence electrons. The molecule has 0 radical (unpaired) electrons. The Labute approximate surface area is 216 Å². The molecule has 0 fully saturated rings. The number of aliphatic hydroxyl groups excluding tert-OH is 1. The van der Waals surface area contributed by atoms with E-state index in [9.17, 15) is 31.4 Å². The maximum Gasteiger partial charge on any atom is 0.201 e. The molecule has 1 aliphatic rings. The molecule has 0 saturated heterocycles. The van der Waals surface area contributed by atoms with Crippen molar-refractivity contribution in [2.75, 3.05) is 6.61 Å². The number of ether oxygens (including phenoxy) is 2. The molecule has 0 aliphatic heterocycles. The van der Waals surface area contributed by atoms with E-state index in [1.54, 1.807) is 13.0 Å². The highest BCUT2D eigenvalue weighted by Gasteiger charge is 2.26. The smallest absolute Gasteiger partial charge is 0.201 e.